The van der Waals surface area contributed by atoms with Crippen molar-refractivity contribution >= 4 is 5.84 Å². The van der Waals surface area contributed by atoms with E-state index in [1.54, 1.807) is 13.2 Å². The van der Waals surface area contributed by atoms with E-state index in [1.165, 1.54) is 0 Å². The van der Waals surface area contributed by atoms with E-state index in [9.17, 15) is 0 Å². The molecular weight excluding hydrogens is 264 g/mol. The van der Waals surface area contributed by atoms with Gasteiger partial charge < -0.3 is 15.2 Å². The normalized spacial score (nSPS) is 10.2. The van der Waals surface area contributed by atoms with Gasteiger partial charge in [0, 0.05) is 0 Å². The van der Waals surface area contributed by atoms with E-state index in [1.807, 2.05) is 44.2 Å². The van der Waals surface area contributed by atoms with E-state index >= 15 is 0 Å². The minimum atomic E-state index is -0.0132. The lowest BCUT2D eigenvalue weighted by Crippen LogP contribution is -2.13. The van der Waals surface area contributed by atoms with Crippen molar-refractivity contribution in [3.63, 3.8) is 0 Å². The summed E-state index contributed by atoms with van der Waals surface area (Å²) in [6.07, 6.45) is 0. The maximum Gasteiger partial charge on any atom is 0.129 e. The largest absolute Gasteiger partial charge is 0.496 e. The summed E-state index contributed by atoms with van der Waals surface area (Å²) >= 11 is 0. The quantitative estimate of drug-likeness (QED) is 0.654. The van der Waals surface area contributed by atoms with E-state index in [0.717, 1.165) is 22.4 Å². The summed E-state index contributed by atoms with van der Waals surface area (Å²) in [5.41, 5.74) is 9.32. The first-order valence-electron chi connectivity index (χ1n) is 6.73. The number of aryl methyl sites for hydroxylation is 2. The number of hydrogen-bond donors (Lipinski definition) is 2. The smallest absolute Gasteiger partial charge is 0.129 e. The first-order valence-corrected chi connectivity index (χ1v) is 6.73. The molecule has 21 heavy (non-hydrogen) atoms. The molecule has 0 saturated heterocycles. The highest BCUT2D eigenvalue weighted by Gasteiger charge is 2.09. The van der Waals surface area contributed by atoms with Gasteiger partial charge in [-0.05, 0) is 42.7 Å². The van der Waals surface area contributed by atoms with Gasteiger partial charge in [0.05, 0.1) is 12.7 Å². The Morgan fingerprint density at radius 2 is 1.81 bits per heavy atom. The predicted octanol–water partition coefficient (Wildman–Crippen LogP) is 3.18. The molecule has 0 heterocycles. The predicted molar refractivity (Wildman–Crippen MR) is 84.3 cm³/mol. The summed E-state index contributed by atoms with van der Waals surface area (Å²) in [5, 5.41) is 7.60. The van der Waals surface area contributed by atoms with Crippen LogP contribution in [0.5, 0.6) is 11.5 Å². The highest BCUT2D eigenvalue weighted by atomic mass is 16.5. The Balaban J connectivity index is 2.21. The number of nitrogens with one attached hydrogen (secondary N) is 1. The molecule has 2 aromatic carbocycles. The summed E-state index contributed by atoms with van der Waals surface area (Å²) in [6.45, 7) is 4.48. The second-order valence-corrected chi connectivity index (χ2v) is 4.96. The topological polar surface area (TPSA) is 68.3 Å². The first-order chi connectivity index (χ1) is 10.0. The average Bonchev–Trinajstić information content (AvgIpc) is 2.46. The molecule has 110 valence electrons. The molecule has 3 N–H and O–H groups in total. The summed E-state index contributed by atoms with van der Waals surface area (Å²) < 4.78 is 11.1. The van der Waals surface area contributed by atoms with Crippen LogP contribution < -0.4 is 15.2 Å². The molecule has 0 fully saturated rings. The molecule has 2 aromatic rings. The van der Waals surface area contributed by atoms with Crippen LogP contribution in [0.1, 0.15) is 22.3 Å². The maximum absolute atomic E-state index is 7.60. The van der Waals surface area contributed by atoms with Crippen LogP contribution in [0.15, 0.2) is 36.4 Å². The summed E-state index contributed by atoms with van der Waals surface area (Å²) in [7, 11) is 1.56. The zero-order valence-electron chi connectivity index (χ0n) is 12.6. The van der Waals surface area contributed by atoms with Crippen LogP contribution in [-0.2, 0) is 6.61 Å². The van der Waals surface area contributed by atoms with Gasteiger partial charge in [-0.15, -0.1) is 0 Å². The van der Waals surface area contributed by atoms with Gasteiger partial charge in [0.2, 0.25) is 0 Å². The van der Waals surface area contributed by atoms with E-state index in [2.05, 4.69) is 0 Å². The van der Waals surface area contributed by atoms with Gasteiger partial charge in [0.15, 0.2) is 0 Å². The van der Waals surface area contributed by atoms with Crippen LogP contribution in [0.2, 0.25) is 0 Å². The van der Waals surface area contributed by atoms with Gasteiger partial charge in [0.1, 0.15) is 23.9 Å². The lowest BCUT2D eigenvalue weighted by Gasteiger charge is -2.13. The summed E-state index contributed by atoms with van der Waals surface area (Å²) in [5.74, 6) is 1.48. The van der Waals surface area contributed by atoms with Crippen molar-refractivity contribution in [2.24, 2.45) is 5.73 Å². The fourth-order valence-corrected chi connectivity index (χ4v) is 2.24. The Labute approximate surface area is 125 Å². The van der Waals surface area contributed by atoms with E-state index in [4.69, 9.17) is 20.6 Å². The second kappa shape index (κ2) is 6.31. The molecule has 0 aliphatic heterocycles. The molecular formula is C17H20N2O2. The molecule has 0 radical (unpaired) electrons. The minimum Gasteiger partial charge on any atom is -0.496 e. The van der Waals surface area contributed by atoms with E-state index < -0.39 is 0 Å². The van der Waals surface area contributed by atoms with Gasteiger partial charge in [-0.3, -0.25) is 5.41 Å². The molecule has 0 aliphatic carbocycles. The van der Waals surface area contributed by atoms with Crippen LogP contribution in [0.4, 0.5) is 0 Å². The zero-order chi connectivity index (χ0) is 15.4. The fraction of sp³-hybridized carbons (Fsp3) is 0.235. The first kappa shape index (κ1) is 14.9. The van der Waals surface area contributed by atoms with Crippen LogP contribution in [0.25, 0.3) is 0 Å². The Kier molecular flexibility index (Phi) is 4.48. The van der Waals surface area contributed by atoms with Crippen LogP contribution in [0, 0.1) is 19.3 Å². The summed E-state index contributed by atoms with van der Waals surface area (Å²) in [4.78, 5) is 0. The molecule has 4 nitrogen and oxygen atoms in total. The number of para-hydroxylation sites is 1. The lowest BCUT2D eigenvalue weighted by atomic mass is 10.1. The van der Waals surface area contributed by atoms with Crippen molar-refractivity contribution in [3.05, 3.63) is 58.7 Å². The Morgan fingerprint density at radius 1 is 1.14 bits per heavy atom. The number of rotatable bonds is 5. The third-order valence-corrected chi connectivity index (χ3v) is 3.35. The van der Waals surface area contributed by atoms with E-state index in [-0.39, 0.29) is 5.84 Å². The van der Waals surface area contributed by atoms with Gasteiger partial charge in [-0.2, -0.15) is 0 Å². The average molecular weight is 284 g/mol. The van der Waals surface area contributed by atoms with Crippen LogP contribution in [-0.4, -0.2) is 12.9 Å². The molecule has 0 aliphatic rings. The Bertz CT molecular complexity index is 646. The fourth-order valence-electron chi connectivity index (χ4n) is 2.24. The molecule has 0 aromatic heterocycles. The van der Waals surface area contributed by atoms with Crippen molar-refractivity contribution in [1.29, 1.82) is 5.41 Å². The van der Waals surface area contributed by atoms with Gasteiger partial charge in [-0.25, -0.2) is 0 Å². The lowest BCUT2D eigenvalue weighted by molar-refractivity contribution is 0.301. The molecule has 0 spiro atoms. The number of ether oxygens (including phenoxy) is 2. The molecule has 4 heteroatoms. The van der Waals surface area contributed by atoms with Crippen molar-refractivity contribution in [3.8, 4) is 11.5 Å². The Hall–Kier alpha value is -2.49. The summed E-state index contributed by atoms with van der Waals surface area (Å²) in [6, 6.07) is 11.6. The van der Waals surface area contributed by atoms with Crippen molar-refractivity contribution < 1.29 is 9.47 Å². The number of nitrogen functional groups attached to an aromatic ring is 1. The van der Waals surface area contributed by atoms with Gasteiger partial charge >= 0.3 is 0 Å². The number of methoxy groups -OCH3 is 1. The third kappa shape index (κ3) is 3.34. The van der Waals surface area contributed by atoms with E-state index in [0.29, 0.717) is 17.9 Å². The van der Waals surface area contributed by atoms with Crippen LogP contribution >= 0.6 is 0 Å². The monoisotopic (exact) mass is 284 g/mol. The second-order valence-electron chi connectivity index (χ2n) is 4.96. The number of nitrogens with two attached hydrogens (primary N) is 1. The van der Waals surface area contributed by atoms with Gasteiger partial charge in [0.25, 0.3) is 0 Å². The standard InChI is InChI=1S/C17H20N2O2/c1-11-5-4-6-12(2)16(11)21-10-13-7-8-15(20-3)14(9-13)17(18)19/h4-9H,10H2,1-3H3,(H3,18,19). The SMILES string of the molecule is COc1ccc(COc2c(C)cccc2C)cc1C(=N)N. The molecule has 0 atom stereocenters. The van der Waals surface area contributed by atoms with Crippen LogP contribution in [0.3, 0.4) is 0 Å². The third-order valence-electron chi connectivity index (χ3n) is 3.35. The molecule has 0 unspecified atom stereocenters. The molecule has 0 saturated carbocycles. The molecule has 2 rings (SSSR count). The highest BCUT2D eigenvalue weighted by Crippen LogP contribution is 2.25. The number of amidine groups is 1. The zero-order valence-corrected chi connectivity index (χ0v) is 12.6. The minimum absolute atomic E-state index is 0.0132. The highest BCUT2D eigenvalue weighted by molar-refractivity contribution is 5.97. The molecule has 0 bridgehead atoms. The Morgan fingerprint density at radius 3 is 2.38 bits per heavy atom. The molecule has 0 amide bonds. The maximum atomic E-state index is 7.60. The van der Waals surface area contributed by atoms with Crippen molar-refractivity contribution in [1.82, 2.24) is 0 Å². The van der Waals surface area contributed by atoms with Gasteiger partial charge in [-0.1, -0.05) is 24.3 Å². The number of hydrogen-bond acceptors (Lipinski definition) is 3. The number of benzene rings is 2. The van der Waals surface area contributed by atoms with Crippen molar-refractivity contribution in [2.45, 2.75) is 20.5 Å². The van der Waals surface area contributed by atoms with Crippen molar-refractivity contribution in [2.75, 3.05) is 7.11 Å².